The molecule has 0 atom stereocenters. The van der Waals surface area contributed by atoms with Crippen LogP contribution in [0.2, 0.25) is 0 Å². The number of benzene rings is 1. The Labute approximate surface area is 203 Å². The molecule has 3 aromatic rings. The summed E-state index contributed by atoms with van der Waals surface area (Å²) in [7, 11) is 0. The Morgan fingerprint density at radius 1 is 1.15 bits per heavy atom. The first kappa shape index (κ1) is 21.8. The van der Waals surface area contributed by atoms with Gasteiger partial charge in [0.05, 0.1) is 5.69 Å². The third kappa shape index (κ3) is 5.14. The van der Waals surface area contributed by atoms with E-state index in [0.717, 1.165) is 40.5 Å². The predicted molar refractivity (Wildman–Crippen MR) is 122 cm³/mol. The quantitative estimate of drug-likeness (QED) is 0.480. The van der Waals surface area contributed by atoms with Crippen molar-refractivity contribution in [1.82, 2.24) is 24.4 Å². The molecule has 8 heteroatoms. The number of allylic oxidation sites excluding steroid dienone is 3. The number of nitrogens with zero attached hydrogens (tertiary/aromatic N) is 4. The van der Waals surface area contributed by atoms with Gasteiger partial charge < -0.3 is 0 Å². The van der Waals surface area contributed by atoms with Crippen molar-refractivity contribution >= 4 is 9.81 Å². The third-order valence-electron chi connectivity index (χ3n) is 5.76. The summed E-state index contributed by atoms with van der Waals surface area (Å²) in [6.07, 6.45) is 19.4. The maximum atomic E-state index is 13.0. The second-order valence-corrected chi connectivity index (χ2v) is 9.80. The molecule has 1 fully saturated rings. The number of ether oxygens (including phenoxy) is 1. The maximum absolute atomic E-state index is 13.0. The molecule has 1 amide bonds. The first-order chi connectivity index (χ1) is 16.2. The standard InChI is InChI=1S/C25H25N5O2.W/c31-25-21-16-20(30-17-22(28-18-30)19-7-8-19)9-10-23(21)32-15-5-4-13-29-14-12-26-24(29)6-2-1-3-11-27-25;/h1-3,9-12,14,16-19H,4-5,7-8,13,15H2,(H,27,31);. The molecule has 1 aromatic carbocycles. The number of imidazole rings is 2. The number of amides is 1. The van der Waals surface area contributed by atoms with Gasteiger partial charge in [-0.2, -0.15) is 0 Å². The first-order valence-corrected chi connectivity index (χ1v) is 12.7. The topological polar surface area (TPSA) is 74.0 Å². The van der Waals surface area contributed by atoms with E-state index < -0.39 is 0 Å². The molecule has 2 aliphatic rings. The van der Waals surface area contributed by atoms with Gasteiger partial charge in [-0.3, -0.25) is 0 Å². The normalized spacial score (nSPS) is 17.2. The van der Waals surface area contributed by atoms with Gasteiger partial charge in [-0.25, -0.2) is 4.98 Å². The molecular formula is C25H25N5O2W. The van der Waals surface area contributed by atoms with E-state index in [1.807, 2.05) is 59.7 Å². The molecular weight excluding hydrogens is 586 g/mol. The van der Waals surface area contributed by atoms with Gasteiger partial charge >= 0.3 is 174 Å². The van der Waals surface area contributed by atoms with E-state index in [1.165, 1.54) is 32.2 Å². The molecule has 1 N–H and O–H groups in total. The minimum atomic E-state index is -0.201. The van der Waals surface area contributed by atoms with Crippen molar-refractivity contribution in [3.05, 3.63) is 84.6 Å². The van der Waals surface area contributed by atoms with Crippen molar-refractivity contribution in [2.24, 2.45) is 0 Å². The van der Waals surface area contributed by atoms with Crippen LogP contribution in [-0.4, -0.2) is 35.5 Å². The summed E-state index contributed by atoms with van der Waals surface area (Å²) >= 11 is 1.35. The minimum absolute atomic E-state index is 0.201. The second kappa shape index (κ2) is 9.84. The SMILES string of the molecule is O=C1NC=CC=C[C](=[W])c2nccn2CCCCOc2ccc(-n3cnc(C4CC4)c3)cc21. The van der Waals surface area contributed by atoms with E-state index in [4.69, 9.17) is 4.74 Å². The monoisotopic (exact) mass is 611 g/mol. The molecule has 0 unspecified atom stereocenters. The van der Waals surface area contributed by atoms with Crippen molar-refractivity contribution in [3.63, 3.8) is 0 Å². The fourth-order valence-electron chi connectivity index (χ4n) is 3.81. The van der Waals surface area contributed by atoms with Crippen molar-refractivity contribution in [1.29, 1.82) is 0 Å². The predicted octanol–water partition coefficient (Wildman–Crippen LogP) is 3.69. The third-order valence-corrected chi connectivity index (χ3v) is 6.91. The van der Waals surface area contributed by atoms with Crippen LogP contribution in [0.15, 0.2) is 67.5 Å². The number of rotatable bonds is 2. The van der Waals surface area contributed by atoms with Crippen LogP contribution in [0.1, 0.15) is 53.5 Å². The van der Waals surface area contributed by atoms with Crippen LogP contribution < -0.4 is 10.1 Å². The van der Waals surface area contributed by atoms with Gasteiger partial charge in [0, 0.05) is 5.92 Å². The number of fused-ring (bicyclic) bond motifs is 2. The van der Waals surface area contributed by atoms with Gasteiger partial charge in [-0.1, -0.05) is 0 Å². The van der Waals surface area contributed by atoms with Crippen LogP contribution in [-0.2, 0) is 25.9 Å². The molecule has 2 aromatic heterocycles. The molecule has 0 bridgehead atoms. The van der Waals surface area contributed by atoms with Crippen molar-refractivity contribution in [2.45, 2.75) is 38.1 Å². The first-order valence-electron chi connectivity index (χ1n) is 11.2. The van der Waals surface area contributed by atoms with Crippen LogP contribution in [0, 0.1) is 0 Å². The average molecular weight is 611 g/mol. The Morgan fingerprint density at radius 3 is 2.94 bits per heavy atom. The van der Waals surface area contributed by atoms with Gasteiger partial charge in [-0.15, -0.1) is 0 Å². The number of aromatic nitrogens is 4. The molecule has 1 saturated carbocycles. The molecule has 0 saturated heterocycles. The van der Waals surface area contributed by atoms with Crippen molar-refractivity contribution in [2.75, 3.05) is 6.61 Å². The molecule has 33 heavy (non-hydrogen) atoms. The molecule has 5 rings (SSSR count). The Balaban J connectivity index is 1.39. The Hall–Kier alpha value is -3.05. The summed E-state index contributed by atoms with van der Waals surface area (Å²) in [4.78, 5) is 22.0. The molecule has 168 valence electrons. The van der Waals surface area contributed by atoms with Crippen LogP contribution in [0.25, 0.3) is 5.69 Å². The van der Waals surface area contributed by atoms with Crippen LogP contribution in [0.3, 0.4) is 0 Å². The van der Waals surface area contributed by atoms with E-state index in [-0.39, 0.29) is 5.91 Å². The Bertz CT molecular complexity index is 1240. The van der Waals surface area contributed by atoms with E-state index in [9.17, 15) is 4.79 Å². The average Bonchev–Trinajstić information content (AvgIpc) is 3.36. The van der Waals surface area contributed by atoms with Crippen molar-refractivity contribution in [3.8, 4) is 11.4 Å². The molecule has 0 spiro atoms. The number of carbonyl (C=O) groups is 1. The molecule has 1 aliphatic carbocycles. The fraction of sp³-hybridized carbons (Fsp3) is 0.280. The van der Waals surface area contributed by atoms with Gasteiger partial charge in [0.2, 0.25) is 0 Å². The summed E-state index contributed by atoms with van der Waals surface area (Å²) in [6.45, 7) is 1.43. The molecule has 0 radical (unpaired) electrons. The van der Waals surface area contributed by atoms with Crippen molar-refractivity contribution < 1.29 is 28.9 Å². The van der Waals surface area contributed by atoms with E-state index in [0.29, 0.717) is 23.8 Å². The van der Waals surface area contributed by atoms with Crippen LogP contribution >= 0.6 is 0 Å². The number of hydrogen-bond donors (Lipinski definition) is 1. The summed E-state index contributed by atoms with van der Waals surface area (Å²) in [6, 6.07) is 5.72. The summed E-state index contributed by atoms with van der Waals surface area (Å²) in [5.41, 5.74) is 2.53. The van der Waals surface area contributed by atoms with Crippen LogP contribution in [0.5, 0.6) is 5.75 Å². The number of hydrogen-bond acceptors (Lipinski definition) is 4. The molecule has 1 aliphatic heterocycles. The Kier molecular flexibility index (Phi) is 6.49. The zero-order valence-corrected chi connectivity index (χ0v) is 21.1. The second-order valence-electron chi connectivity index (χ2n) is 8.22. The Morgan fingerprint density at radius 2 is 2.06 bits per heavy atom. The fourth-order valence-corrected chi connectivity index (χ4v) is 4.70. The van der Waals surface area contributed by atoms with Gasteiger partial charge in [0.15, 0.2) is 0 Å². The number of nitrogens with one attached hydrogen (secondary N) is 1. The summed E-state index contributed by atoms with van der Waals surface area (Å²) in [5, 5.41) is 2.86. The van der Waals surface area contributed by atoms with E-state index in [2.05, 4.69) is 26.0 Å². The van der Waals surface area contributed by atoms with E-state index in [1.54, 1.807) is 6.20 Å². The van der Waals surface area contributed by atoms with Gasteiger partial charge in [0.25, 0.3) is 0 Å². The summed E-state index contributed by atoms with van der Waals surface area (Å²) < 4.78 is 11.4. The number of aryl methyl sites for hydroxylation is 1. The zero-order valence-electron chi connectivity index (χ0n) is 18.2. The van der Waals surface area contributed by atoms with Crippen LogP contribution in [0.4, 0.5) is 0 Å². The summed E-state index contributed by atoms with van der Waals surface area (Å²) in [5.74, 6) is 1.97. The van der Waals surface area contributed by atoms with Gasteiger partial charge in [-0.05, 0) is 12.8 Å². The van der Waals surface area contributed by atoms with Gasteiger partial charge in [0.1, 0.15) is 0 Å². The van der Waals surface area contributed by atoms with E-state index >= 15 is 0 Å². The number of carbonyl (C=O) groups excluding carboxylic acids is 1. The zero-order chi connectivity index (χ0) is 22.6. The molecule has 7 nitrogen and oxygen atoms in total. The molecule has 3 heterocycles.